The first kappa shape index (κ1) is 19.0. The molecule has 0 aliphatic carbocycles. The van der Waals surface area contributed by atoms with Crippen LogP contribution in [0.2, 0.25) is 0 Å². The van der Waals surface area contributed by atoms with Gasteiger partial charge in [0.25, 0.3) is 5.91 Å². The van der Waals surface area contributed by atoms with Crippen molar-refractivity contribution in [3.8, 4) is 0 Å². The molecule has 1 atom stereocenters. The number of nitrogens with zero attached hydrogens (tertiary/aromatic N) is 1. The van der Waals surface area contributed by atoms with Gasteiger partial charge in [0, 0.05) is 29.4 Å². The number of hydrogen-bond donors (Lipinski definition) is 3. The van der Waals surface area contributed by atoms with Crippen LogP contribution in [0.3, 0.4) is 0 Å². The van der Waals surface area contributed by atoms with E-state index in [1.807, 2.05) is 25.1 Å². The molecule has 23 heavy (non-hydrogen) atoms. The van der Waals surface area contributed by atoms with Gasteiger partial charge in [0.15, 0.2) is 0 Å². The smallest absolute Gasteiger partial charge is 0.255 e. The highest BCUT2D eigenvalue weighted by atomic mass is 35.5. The van der Waals surface area contributed by atoms with Gasteiger partial charge in [0.1, 0.15) is 5.65 Å². The van der Waals surface area contributed by atoms with E-state index in [-0.39, 0.29) is 36.8 Å². The lowest BCUT2D eigenvalue weighted by Crippen LogP contribution is -2.12. The third kappa shape index (κ3) is 4.01. The molecule has 5 nitrogen and oxygen atoms in total. The lowest BCUT2D eigenvalue weighted by molar-refractivity contribution is 0.102. The molecule has 0 saturated carbocycles. The highest BCUT2D eigenvalue weighted by Crippen LogP contribution is 2.21. The van der Waals surface area contributed by atoms with Gasteiger partial charge in [-0.05, 0) is 36.8 Å². The molecule has 2 heterocycles. The van der Waals surface area contributed by atoms with Crippen molar-refractivity contribution in [2.45, 2.75) is 13.0 Å². The van der Waals surface area contributed by atoms with Crippen LogP contribution in [-0.2, 0) is 0 Å². The summed E-state index contributed by atoms with van der Waals surface area (Å²) in [5, 5.41) is 3.79. The van der Waals surface area contributed by atoms with E-state index in [4.69, 9.17) is 5.73 Å². The van der Waals surface area contributed by atoms with Gasteiger partial charge in [-0.15, -0.1) is 24.8 Å². The highest BCUT2D eigenvalue weighted by molar-refractivity contribution is 6.08. The standard InChI is InChI=1S/C16H16N4O.2ClH/c1-10(17)11-2-4-12(5-3-11)16(21)20-14-7-9-19-15-13(14)6-8-18-15;;/h2-10H,17H2,1H3,(H2,18,19,20,21);2*1H/t10-;;/m1../s1. The molecular weight excluding hydrogens is 335 g/mol. The van der Waals surface area contributed by atoms with Crippen molar-refractivity contribution in [3.63, 3.8) is 0 Å². The molecule has 122 valence electrons. The van der Waals surface area contributed by atoms with Gasteiger partial charge in [0.2, 0.25) is 0 Å². The second kappa shape index (κ2) is 7.97. The molecule has 0 spiro atoms. The SMILES string of the molecule is C[C@@H](N)c1ccc(C(=O)Nc2ccnc3[nH]ccc23)cc1.Cl.Cl. The summed E-state index contributed by atoms with van der Waals surface area (Å²) in [6, 6.07) is 10.9. The fourth-order valence-corrected chi connectivity index (χ4v) is 2.20. The molecule has 0 radical (unpaired) electrons. The van der Waals surface area contributed by atoms with Crippen LogP contribution in [-0.4, -0.2) is 15.9 Å². The normalized spacial score (nSPS) is 11.2. The Hall–Kier alpha value is -2.08. The Kier molecular flexibility index (Phi) is 6.57. The monoisotopic (exact) mass is 352 g/mol. The quantitative estimate of drug-likeness (QED) is 0.672. The highest BCUT2D eigenvalue weighted by Gasteiger charge is 2.09. The largest absolute Gasteiger partial charge is 0.346 e. The molecule has 1 aromatic carbocycles. The Morgan fingerprint density at radius 1 is 1.17 bits per heavy atom. The zero-order valence-corrected chi connectivity index (χ0v) is 14.1. The number of halogens is 2. The average molecular weight is 353 g/mol. The zero-order chi connectivity index (χ0) is 14.8. The number of carbonyl (C=O) groups is 1. The molecule has 1 amide bonds. The van der Waals surface area contributed by atoms with E-state index in [2.05, 4.69) is 15.3 Å². The van der Waals surface area contributed by atoms with Crippen LogP contribution in [0.25, 0.3) is 11.0 Å². The van der Waals surface area contributed by atoms with Gasteiger partial charge >= 0.3 is 0 Å². The second-order valence-electron chi connectivity index (χ2n) is 4.96. The number of nitrogens with two attached hydrogens (primary N) is 1. The lowest BCUT2D eigenvalue weighted by Gasteiger charge is -2.08. The molecule has 0 aliphatic heterocycles. The molecule has 0 bridgehead atoms. The lowest BCUT2D eigenvalue weighted by atomic mass is 10.1. The van der Waals surface area contributed by atoms with Crippen LogP contribution in [0.15, 0.2) is 48.8 Å². The van der Waals surface area contributed by atoms with Crippen molar-refractivity contribution < 1.29 is 4.79 Å². The minimum atomic E-state index is -0.153. The number of pyridine rings is 1. The molecule has 0 fully saturated rings. The van der Waals surface area contributed by atoms with Gasteiger partial charge in [-0.1, -0.05) is 12.1 Å². The van der Waals surface area contributed by atoms with E-state index in [0.29, 0.717) is 5.56 Å². The first-order valence-electron chi connectivity index (χ1n) is 6.74. The van der Waals surface area contributed by atoms with Gasteiger partial charge in [-0.2, -0.15) is 0 Å². The number of hydrogen-bond acceptors (Lipinski definition) is 3. The third-order valence-electron chi connectivity index (χ3n) is 3.41. The zero-order valence-electron chi connectivity index (χ0n) is 12.4. The van der Waals surface area contributed by atoms with Gasteiger partial charge < -0.3 is 16.0 Å². The second-order valence-corrected chi connectivity index (χ2v) is 4.96. The van der Waals surface area contributed by atoms with Crippen molar-refractivity contribution in [1.29, 1.82) is 0 Å². The summed E-state index contributed by atoms with van der Waals surface area (Å²) in [4.78, 5) is 19.5. The number of rotatable bonds is 3. The topological polar surface area (TPSA) is 83.8 Å². The Morgan fingerprint density at radius 3 is 2.52 bits per heavy atom. The molecule has 4 N–H and O–H groups in total. The van der Waals surface area contributed by atoms with Crippen molar-refractivity contribution in [1.82, 2.24) is 9.97 Å². The van der Waals surface area contributed by atoms with Crippen LogP contribution in [0, 0.1) is 0 Å². The number of fused-ring (bicyclic) bond motifs is 1. The number of nitrogens with one attached hydrogen (secondary N) is 2. The summed E-state index contributed by atoms with van der Waals surface area (Å²) in [6.45, 7) is 1.91. The van der Waals surface area contributed by atoms with Crippen LogP contribution >= 0.6 is 24.8 Å². The average Bonchev–Trinajstić information content (AvgIpc) is 2.97. The first-order chi connectivity index (χ1) is 10.1. The van der Waals surface area contributed by atoms with E-state index >= 15 is 0 Å². The van der Waals surface area contributed by atoms with Gasteiger partial charge in [-0.25, -0.2) is 4.98 Å². The predicted molar refractivity (Wildman–Crippen MR) is 97.6 cm³/mol. The van der Waals surface area contributed by atoms with E-state index in [0.717, 1.165) is 22.3 Å². The molecular formula is C16H18Cl2N4O. The molecule has 3 aromatic rings. The van der Waals surface area contributed by atoms with Crippen molar-refractivity contribution in [2.24, 2.45) is 5.73 Å². The molecule has 0 aliphatic rings. The summed E-state index contributed by atoms with van der Waals surface area (Å²) >= 11 is 0. The van der Waals surface area contributed by atoms with E-state index < -0.39 is 0 Å². The van der Waals surface area contributed by atoms with Crippen molar-refractivity contribution in [3.05, 3.63) is 59.9 Å². The number of amides is 1. The number of aromatic nitrogens is 2. The summed E-state index contributed by atoms with van der Waals surface area (Å²) in [5.41, 5.74) is 8.89. The van der Waals surface area contributed by atoms with E-state index in [9.17, 15) is 4.79 Å². The van der Waals surface area contributed by atoms with E-state index in [1.165, 1.54) is 0 Å². The summed E-state index contributed by atoms with van der Waals surface area (Å²) in [5.74, 6) is -0.153. The van der Waals surface area contributed by atoms with Crippen molar-refractivity contribution in [2.75, 3.05) is 5.32 Å². The number of benzene rings is 1. The maximum atomic E-state index is 12.3. The van der Waals surface area contributed by atoms with Gasteiger partial charge in [-0.3, -0.25) is 4.79 Å². The Morgan fingerprint density at radius 2 is 1.87 bits per heavy atom. The Bertz CT molecular complexity index is 784. The molecule has 0 saturated heterocycles. The van der Waals surface area contributed by atoms with Crippen LogP contribution in [0.1, 0.15) is 28.9 Å². The maximum Gasteiger partial charge on any atom is 0.255 e. The molecule has 2 aromatic heterocycles. The minimum Gasteiger partial charge on any atom is -0.346 e. The summed E-state index contributed by atoms with van der Waals surface area (Å²) in [6.07, 6.45) is 3.46. The predicted octanol–water partition coefficient (Wildman–Crippen LogP) is 3.68. The number of carbonyl (C=O) groups excluding carboxylic acids is 1. The third-order valence-corrected chi connectivity index (χ3v) is 3.41. The number of anilines is 1. The fraction of sp³-hybridized carbons (Fsp3) is 0.125. The van der Waals surface area contributed by atoms with Crippen LogP contribution < -0.4 is 11.1 Å². The minimum absolute atomic E-state index is 0. The molecule has 3 rings (SSSR count). The molecule has 0 unspecified atom stereocenters. The number of H-pyrrole nitrogens is 1. The van der Waals surface area contributed by atoms with Crippen LogP contribution in [0.4, 0.5) is 5.69 Å². The van der Waals surface area contributed by atoms with Crippen LogP contribution in [0.5, 0.6) is 0 Å². The van der Waals surface area contributed by atoms with E-state index in [1.54, 1.807) is 30.6 Å². The Balaban J connectivity index is 0.00000132. The maximum absolute atomic E-state index is 12.3. The summed E-state index contributed by atoms with van der Waals surface area (Å²) < 4.78 is 0. The molecule has 7 heteroatoms. The number of aromatic amines is 1. The summed E-state index contributed by atoms with van der Waals surface area (Å²) in [7, 11) is 0. The first-order valence-corrected chi connectivity index (χ1v) is 6.74. The van der Waals surface area contributed by atoms with Crippen molar-refractivity contribution >= 4 is 47.4 Å². The Labute approximate surface area is 146 Å². The van der Waals surface area contributed by atoms with Gasteiger partial charge in [0.05, 0.1) is 5.69 Å². The fourth-order valence-electron chi connectivity index (χ4n) is 2.20.